The van der Waals surface area contributed by atoms with E-state index < -0.39 is 0 Å². The summed E-state index contributed by atoms with van der Waals surface area (Å²) in [7, 11) is 5.55. The molecule has 0 unspecified atom stereocenters. The molecule has 60 valence electrons. The highest BCUT2D eigenvalue weighted by atomic mass is 16.2. The standard InChI is InChI=1S/C6H15N3O/c1-7-4-6(10)8-5-9(2)3/h7H,4-5H2,1-3H3,(H,8,10). The first kappa shape index (κ1) is 9.39. The first-order valence-corrected chi connectivity index (χ1v) is 3.23. The van der Waals surface area contributed by atoms with Crippen LogP contribution in [0.5, 0.6) is 0 Å². The van der Waals surface area contributed by atoms with Gasteiger partial charge < -0.3 is 10.6 Å². The quantitative estimate of drug-likeness (QED) is 0.490. The Bertz CT molecular complexity index is 103. The van der Waals surface area contributed by atoms with Crippen LogP contribution in [-0.2, 0) is 4.79 Å². The van der Waals surface area contributed by atoms with Gasteiger partial charge in [-0.3, -0.25) is 9.69 Å². The fourth-order valence-electron chi connectivity index (χ4n) is 0.469. The van der Waals surface area contributed by atoms with Crippen LogP contribution in [0.3, 0.4) is 0 Å². The lowest BCUT2D eigenvalue weighted by Gasteiger charge is -2.10. The average Bonchev–Trinajstić information content (AvgIpc) is 1.85. The number of hydrogen-bond donors (Lipinski definition) is 2. The maximum atomic E-state index is 10.7. The summed E-state index contributed by atoms with van der Waals surface area (Å²) in [5, 5.41) is 5.47. The van der Waals surface area contributed by atoms with Crippen LogP contribution in [-0.4, -0.2) is 45.2 Å². The Balaban J connectivity index is 3.22. The Kier molecular flexibility index (Phi) is 4.88. The zero-order chi connectivity index (χ0) is 7.98. The minimum absolute atomic E-state index is 0.0243. The number of hydrogen-bond acceptors (Lipinski definition) is 3. The molecule has 0 atom stereocenters. The Morgan fingerprint density at radius 2 is 2.10 bits per heavy atom. The second-order valence-electron chi connectivity index (χ2n) is 2.37. The molecule has 0 spiro atoms. The molecular formula is C6H15N3O. The SMILES string of the molecule is CNCC(=O)NCN(C)C. The minimum atomic E-state index is 0.0243. The van der Waals surface area contributed by atoms with E-state index in [1.54, 1.807) is 7.05 Å². The largest absolute Gasteiger partial charge is 0.342 e. The zero-order valence-electron chi connectivity index (χ0n) is 6.77. The zero-order valence-corrected chi connectivity index (χ0v) is 6.77. The summed E-state index contributed by atoms with van der Waals surface area (Å²) in [4.78, 5) is 12.6. The van der Waals surface area contributed by atoms with Crippen LogP contribution in [0.1, 0.15) is 0 Å². The van der Waals surface area contributed by atoms with Gasteiger partial charge in [0.25, 0.3) is 0 Å². The van der Waals surface area contributed by atoms with Crippen LogP contribution in [0.25, 0.3) is 0 Å². The predicted molar refractivity (Wildman–Crippen MR) is 40.6 cm³/mol. The number of nitrogens with one attached hydrogen (secondary N) is 2. The third kappa shape index (κ3) is 5.53. The second-order valence-corrected chi connectivity index (χ2v) is 2.37. The van der Waals surface area contributed by atoms with Crippen LogP contribution in [0.2, 0.25) is 0 Å². The minimum Gasteiger partial charge on any atom is -0.342 e. The number of nitrogens with zero attached hydrogens (tertiary/aromatic N) is 1. The van der Waals surface area contributed by atoms with Crippen LogP contribution in [0.4, 0.5) is 0 Å². The Labute approximate surface area is 61.6 Å². The molecule has 0 saturated carbocycles. The van der Waals surface area contributed by atoms with Crippen LogP contribution in [0.15, 0.2) is 0 Å². The molecule has 0 aliphatic heterocycles. The van der Waals surface area contributed by atoms with E-state index in [0.717, 1.165) is 0 Å². The monoisotopic (exact) mass is 145 g/mol. The number of carbonyl (C=O) groups excluding carboxylic acids is 1. The van der Waals surface area contributed by atoms with Gasteiger partial charge in [-0.1, -0.05) is 0 Å². The molecule has 0 heterocycles. The number of likely N-dealkylation sites (N-methyl/N-ethyl adjacent to an activating group) is 1. The summed E-state index contributed by atoms with van der Waals surface area (Å²) in [5.74, 6) is 0.0243. The molecule has 0 rings (SSSR count). The van der Waals surface area contributed by atoms with Crippen molar-refractivity contribution in [2.75, 3.05) is 34.4 Å². The molecule has 0 aromatic carbocycles. The van der Waals surface area contributed by atoms with Crippen LogP contribution < -0.4 is 10.6 Å². The van der Waals surface area contributed by atoms with Gasteiger partial charge in [-0.25, -0.2) is 0 Å². The van der Waals surface area contributed by atoms with Gasteiger partial charge >= 0.3 is 0 Å². The summed E-state index contributed by atoms with van der Waals surface area (Å²) in [6.07, 6.45) is 0. The van der Waals surface area contributed by atoms with Gasteiger partial charge in [0.2, 0.25) is 5.91 Å². The van der Waals surface area contributed by atoms with E-state index in [2.05, 4.69) is 10.6 Å². The summed E-state index contributed by atoms with van der Waals surface area (Å²) < 4.78 is 0. The molecule has 0 aliphatic carbocycles. The maximum absolute atomic E-state index is 10.7. The van der Waals surface area contributed by atoms with Crippen molar-refractivity contribution < 1.29 is 4.79 Å². The van der Waals surface area contributed by atoms with E-state index >= 15 is 0 Å². The van der Waals surface area contributed by atoms with E-state index in [-0.39, 0.29) is 5.91 Å². The van der Waals surface area contributed by atoms with Crippen molar-refractivity contribution in [3.63, 3.8) is 0 Å². The molecule has 0 saturated heterocycles. The van der Waals surface area contributed by atoms with Gasteiger partial charge in [0, 0.05) is 0 Å². The van der Waals surface area contributed by atoms with E-state index in [4.69, 9.17) is 0 Å². The highest BCUT2D eigenvalue weighted by molar-refractivity contribution is 5.77. The molecule has 0 aliphatic rings. The van der Waals surface area contributed by atoms with E-state index in [9.17, 15) is 4.79 Å². The first-order chi connectivity index (χ1) is 4.66. The lowest BCUT2D eigenvalue weighted by atomic mass is 10.6. The molecule has 0 fully saturated rings. The van der Waals surface area contributed by atoms with Gasteiger partial charge in [-0.05, 0) is 21.1 Å². The molecule has 0 aromatic rings. The molecule has 0 bridgehead atoms. The number of rotatable bonds is 4. The molecular weight excluding hydrogens is 130 g/mol. The van der Waals surface area contributed by atoms with Gasteiger partial charge in [0.15, 0.2) is 0 Å². The van der Waals surface area contributed by atoms with Gasteiger partial charge in [-0.2, -0.15) is 0 Å². The topological polar surface area (TPSA) is 44.4 Å². The van der Waals surface area contributed by atoms with Crippen molar-refractivity contribution in [1.82, 2.24) is 15.5 Å². The Morgan fingerprint density at radius 1 is 1.50 bits per heavy atom. The summed E-state index contributed by atoms with van der Waals surface area (Å²) in [6.45, 7) is 0.981. The second kappa shape index (κ2) is 5.20. The van der Waals surface area contributed by atoms with Crippen molar-refractivity contribution >= 4 is 5.91 Å². The van der Waals surface area contributed by atoms with Crippen molar-refractivity contribution in [2.45, 2.75) is 0 Å². The van der Waals surface area contributed by atoms with Crippen LogP contribution >= 0.6 is 0 Å². The molecule has 0 aromatic heterocycles. The molecule has 4 heteroatoms. The molecule has 4 nitrogen and oxygen atoms in total. The number of amides is 1. The summed E-state index contributed by atoms with van der Waals surface area (Å²) in [5.41, 5.74) is 0. The third-order valence-corrected chi connectivity index (χ3v) is 0.930. The van der Waals surface area contributed by atoms with Crippen molar-refractivity contribution in [3.05, 3.63) is 0 Å². The smallest absolute Gasteiger partial charge is 0.234 e. The molecule has 2 N–H and O–H groups in total. The average molecular weight is 145 g/mol. The predicted octanol–water partition coefficient (Wildman–Crippen LogP) is -1.16. The Morgan fingerprint density at radius 3 is 2.50 bits per heavy atom. The van der Waals surface area contributed by atoms with Crippen LogP contribution in [0, 0.1) is 0 Å². The lowest BCUT2D eigenvalue weighted by molar-refractivity contribution is -0.120. The van der Waals surface area contributed by atoms with E-state index in [1.807, 2.05) is 19.0 Å². The summed E-state index contributed by atoms with van der Waals surface area (Å²) >= 11 is 0. The van der Waals surface area contributed by atoms with Crippen molar-refractivity contribution in [1.29, 1.82) is 0 Å². The van der Waals surface area contributed by atoms with Crippen molar-refractivity contribution in [2.24, 2.45) is 0 Å². The van der Waals surface area contributed by atoms with Gasteiger partial charge in [0.05, 0.1) is 13.2 Å². The molecule has 0 radical (unpaired) electrons. The lowest BCUT2D eigenvalue weighted by Crippen LogP contribution is -2.37. The maximum Gasteiger partial charge on any atom is 0.234 e. The van der Waals surface area contributed by atoms with E-state index in [1.165, 1.54) is 0 Å². The highest BCUT2D eigenvalue weighted by Crippen LogP contribution is 1.67. The number of carbonyl (C=O) groups is 1. The highest BCUT2D eigenvalue weighted by Gasteiger charge is 1.96. The normalized spacial score (nSPS) is 10.0. The fourth-order valence-corrected chi connectivity index (χ4v) is 0.469. The fraction of sp³-hybridized carbons (Fsp3) is 0.833. The summed E-state index contributed by atoms with van der Waals surface area (Å²) in [6, 6.07) is 0. The van der Waals surface area contributed by atoms with Gasteiger partial charge in [-0.15, -0.1) is 0 Å². The molecule has 10 heavy (non-hydrogen) atoms. The van der Waals surface area contributed by atoms with Crippen molar-refractivity contribution in [3.8, 4) is 0 Å². The molecule has 1 amide bonds. The van der Waals surface area contributed by atoms with E-state index in [0.29, 0.717) is 13.2 Å². The first-order valence-electron chi connectivity index (χ1n) is 3.23. The third-order valence-electron chi connectivity index (χ3n) is 0.930. The van der Waals surface area contributed by atoms with Gasteiger partial charge in [0.1, 0.15) is 0 Å². The Hall–Kier alpha value is -0.610.